The summed E-state index contributed by atoms with van der Waals surface area (Å²) in [4.78, 5) is 28.3. The molecule has 30 heavy (non-hydrogen) atoms. The van der Waals surface area contributed by atoms with E-state index < -0.39 is 5.41 Å². The van der Waals surface area contributed by atoms with Gasteiger partial charge in [-0.15, -0.1) is 0 Å². The molecule has 1 N–H and O–H groups in total. The third-order valence-electron chi connectivity index (χ3n) is 6.06. The zero-order chi connectivity index (χ0) is 21.6. The number of nitrogens with zero attached hydrogens (tertiary/aromatic N) is 3. The van der Waals surface area contributed by atoms with Crippen LogP contribution in [0.15, 0.2) is 34.9 Å². The van der Waals surface area contributed by atoms with Crippen LogP contribution in [0.3, 0.4) is 0 Å². The monoisotopic (exact) mass is 415 g/mol. The van der Waals surface area contributed by atoms with Crippen LogP contribution in [0.25, 0.3) is 0 Å². The molecule has 3 heterocycles. The van der Waals surface area contributed by atoms with Crippen LogP contribution in [0.4, 0.5) is 0 Å². The molecule has 1 aromatic heterocycles. The highest BCUT2D eigenvalue weighted by molar-refractivity contribution is 5.79. The second-order valence-electron chi connectivity index (χ2n) is 7.73. The number of carbonyl (C=O) groups is 2. The highest BCUT2D eigenvalue weighted by Gasteiger charge is 2.60. The first kappa shape index (κ1) is 22.0. The van der Waals surface area contributed by atoms with Gasteiger partial charge in [0.15, 0.2) is 5.82 Å². The van der Waals surface area contributed by atoms with Crippen molar-refractivity contribution in [2.75, 3.05) is 6.61 Å². The molecule has 2 aromatic rings. The van der Waals surface area contributed by atoms with E-state index in [2.05, 4.69) is 27.2 Å². The second-order valence-corrected chi connectivity index (χ2v) is 7.73. The topological polar surface area (TPSA) is 106 Å². The molecule has 0 aliphatic carbocycles. The van der Waals surface area contributed by atoms with Crippen LogP contribution >= 0.6 is 0 Å². The Bertz CT molecular complexity index is 840. The Morgan fingerprint density at radius 1 is 1.33 bits per heavy atom. The maximum atomic E-state index is 13.1. The summed E-state index contributed by atoms with van der Waals surface area (Å²) in [5.74, 6) is 1.31. The molecular weight excluding hydrogens is 386 g/mol. The van der Waals surface area contributed by atoms with Gasteiger partial charge in [0.1, 0.15) is 0 Å². The fourth-order valence-electron chi connectivity index (χ4n) is 4.92. The Balaban J connectivity index is 0.000000806. The summed E-state index contributed by atoms with van der Waals surface area (Å²) < 4.78 is 10.8. The minimum absolute atomic E-state index is 0.0617. The van der Waals surface area contributed by atoms with Crippen molar-refractivity contribution in [2.45, 2.75) is 64.6 Å². The van der Waals surface area contributed by atoms with Gasteiger partial charge >= 0.3 is 5.97 Å². The number of carbonyl (C=O) groups excluding carboxylic acids is 1. The van der Waals surface area contributed by atoms with Crippen LogP contribution in [0.2, 0.25) is 0 Å². The second kappa shape index (κ2) is 9.84. The van der Waals surface area contributed by atoms with E-state index in [0.717, 1.165) is 32.1 Å². The number of rotatable bonds is 7. The Kier molecular flexibility index (Phi) is 7.20. The summed E-state index contributed by atoms with van der Waals surface area (Å²) in [6, 6.07) is 10.8. The minimum atomic E-state index is -0.488. The number of hydrogen-bond donors (Lipinski definition) is 1. The predicted octanol–water partition coefficient (Wildman–Crippen LogP) is 2.86. The molecule has 2 fully saturated rings. The molecule has 2 bridgehead atoms. The van der Waals surface area contributed by atoms with Crippen molar-refractivity contribution < 1.29 is 24.0 Å². The lowest BCUT2D eigenvalue weighted by Crippen LogP contribution is -2.46. The Morgan fingerprint density at radius 2 is 2.07 bits per heavy atom. The molecule has 0 unspecified atom stereocenters. The molecule has 8 heteroatoms. The van der Waals surface area contributed by atoms with Gasteiger partial charge in [0, 0.05) is 18.5 Å². The number of ether oxygens (including phenoxy) is 1. The van der Waals surface area contributed by atoms with Crippen LogP contribution in [0.5, 0.6) is 0 Å². The first-order chi connectivity index (χ1) is 14.6. The molecule has 1 aromatic carbocycles. The van der Waals surface area contributed by atoms with Crippen LogP contribution in [0, 0.1) is 5.41 Å². The van der Waals surface area contributed by atoms with E-state index in [9.17, 15) is 4.79 Å². The Morgan fingerprint density at radius 3 is 2.70 bits per heavy atom. The summed E-state index contributed by atoms with van der Waals surface area (Å²) in [5, 5.41) is 11.0. The van der Waals surface area contributed by atoms with Crippen LogP contribution in [-0.2, 0) is 33.7 Å². The van der Waals surface area contributed by atoms with Gasteiger partial charge in [-0.1, -0.05) is 42.4 Å². The molecule has 162 valence electrons. The summed E-state index contributed by atoms with van der Waals surface area (Å²) >= 11 is 0. The average Bonchev–Trinajstić information content (AvgIpc) is 3.44. The van der Waals surface area contributed by atoms with Gasteiger partial charge in [-0.2, -0.15) is 4.98 Å². The van der Waals surface area contributed by atoms with E-state index >= 15 is 0 Å². The smallest absolute Gasteiger partial charge is 0.314 e. The zero-order valence-corrected chi connectivity index (χ0v) is 17.5. The predicted molar refractivity (Wildman–Crippen MR) is 109 cm³/mol. The largest absolute Gasteiger partial charge is 0.483 e. The van der Waals surface area contributed by atoms with Gasteiger partial charge in [0.05, 0.1) is 18.6 Å². The number of hydrogen-bond acceptors (Lipinski definition) is 7. The van der Waals surface area contributed by atoms with Gasteiger partial charge in [-0.3, -0.25) is 14.5 Å². The molecule has 2 aliphatic rings. The maximum absolute atomic E-state index is 13.1. The third-order valence-corrected chi connectivity index (χ3v) is 6.06. The minimum Gasteiger partial charge on any atom is -0.483 e. The fourth-order valence-corrected chi connectivity index (χ4v) is 4.92. The van der Waals surface area contributed by atoms with Gasteiger partial charge in [-0.25, -0.2) is 0 Å². The highest BCUT2D eigenvalue weighted by atomic mass is 16.5. The molecule has 0 saturated carbocycles. The van der Waals surface area contributed by atoms with Crippen molar-refractivity contribution in [1.82, 2.24) is 15.0 Å². The van der Waals surface area contributed by atoms with Crippen molar-refractivity contribution in [3.8, 4) is 0 Å². The lowest BCUT2D eigenvalue weighted by molar-refractivity contribution is -0.157. The molecule has 8 nitrogen and oxygen atoms in total. The van der Waals surface area contributed by atoms with Crippen molar-refractivity contribution >= 4 is 12.4 Å². The van der Waals surface area contributed by atoms with Gasteiger partial charge in [-0.05, 0) is 38.2 Å². The number of fused-ring (bicyclic) bond motifs is 2. The molecule has 3 atom stereocenters. The Labute approximate surface area is 176 Å². The van der Waals surface area contributed by atoms with Gasteiger partial charge < -0.3 is 14.4 Å². The summed E-state index contributed by atoms with van der Waals surface area (Å²) in [5.41, 5.74) is 0.698. The summed E-state index contributed by atoms with van der Waals surface area (Å²) in [7, 11) is 0. The molecule has 0 spiro atoms. The normalized spacial score (nSPS) is 24.9. The molecular formula is C22H29N3O5. The van der Waals surface area contributed by atoms with E-state index in [-0.39, 0.29) is 18.5 Å². The van der Waals surface area contributed by atoms with Crippen molar-refractivity contribution in [1.29, 1.82) is 0 Å². The SMILES string of the molecule is CCOC(=O)[C@@]1(Cc2ccccc2)C[C@H]2CC[C@@H]1N2Cc1noc(CC)n1.O=CO. The summed E-state index contributed by atoms with van der Waals surface area (Å²) in [6.07, 6.45) is 4.41. The van der Waals surface area contributed by atoms with Crippen LogP contribution in [0.1, 0.15) is 50.4 Å². The van der Waals surface area contributed by atoms with Crippen LogP contribution in [-0.4, -0.2) is 51.3 Å². The van der Waals surface area contributed by atoms with Gasteiger partial charge in [0.2, 0.25) is 5.89 Å². The molecule has 0 amide bonds. The van der Waals surface area contributed by atoms with E-state index in [1.807, 2.05) is 32.0 Å². The maximum Gasteiger partial charge on any atom is 0.314 e. The fraction of sp³-hybridized carbons (Fsp3) is 0.545. The summed E-state index contributed by atoms with van der Waals surface area (Å²) in [6.45, 7) is 4.68. The molecule has 2 saturated heterocycles. The van der Waals surface area contributed by atoms with Crippen molar-refractivity contribution in [3.05, 3.63) is 47.6 Å². The van der Waals surface area contributed by atoms with Gasteiger partial charge in [0.25, 0.3) is 6.47 Å². The highest BCUT2D eigenvalue weighted by Crippen LogP contribution is 2.52. The quantitative estimate of drug-likeness (QED) is 0.544. The van der Waals surface area contributed by atoms with E-state index in [1.54, 1.807) is 0 Å². The first-order valence-electron chi connectivity index (χ1n) is 10.4. The number of carboxylic acid groups (broad SMARTS) is 1. The number of benzene rings is 1. The van der Waals surface area contributed by atoms with E-state index in [1.165, 1.54) is 5.56 Å². The standard InChI is InChI=1S/C21H27N3O3.CH2O2/c1-3-19-22-18(23-27-19)14-24-16-10-11-17(24)21(13-16,20(25)26-4-2)12-15-8-6-5-7-9-15;2-1-3/h5-9,16-17H,3-4,10-14H2,1-2H3;1H,(H,2,3)/t16-,17+,21+;/m1./s1. The third kappa shape index (κ3) is 4.38. The van der Waals surface area contributed by atoms with E-state index in [0.29, 0.717) is 30.9 Å². The molecule has 2 aliphatic heterocycles. The van der Waals surface area contributed by atoms with Crippen molar-refractivity contribution in [2.24, 2.45) is 5.41 Å². The van der Waals surface area contributed by atoms with Crippen molar-refractivity contribution in [3.63, 3.8) is 0 Å². The molecule has 0 radical (unpaired) electrons. The lowest BCUT2D eigenvalue weighted by Gasteiger charge is -2.35. The average molecular weight is 415 g/mol. The van der Waals surface area contributed by atoms with Crippen LogP contribution < -0.4 is 0 Å². The Hall–Kier alpha value is -2.74. The molecule has 4 rings (SSSR count). The van der Waals surface area contributed by atoms with E-state index in [4.69, 9.17) is 19.2 Å². The number of esters is 1. The number of aryl methyl sites for hydroxylation is 1. The lowest BCUT2D eigenvalue weighted by atomic mass is 9.70. The zero-order valence-electron chi connectivity index (χ0n) is 17.5. The first-order valence-corrected chi connectivity index (χ1v) is 10.4. The number of aromatic nitrogens is 2.